The van der Waals surface area contributed by atoms with Crippen LogP contribution in [-0.4, -0.2) is 63.7 Å². The molecule has 148 valence electrons. The van der Waals surface area contributed by atoms with Crippen LogP contribution in [0, 0.1) is 0 Å². The second-order valence-corrected chi connectivity index (χ2v) is 6.77. The molecule has 1 fully saturated rings. The van der Waals surface area contributed by atoms with Crippen LogP contribution in [0.1, 0.15) is 71.1 Å². The van der Waals surface area contributed by atoms with Gasteiger partial charge in [-0.1, -0.05) is 58.3 Å². The first-order valence-corrected chi connectivity index (χ1v) is 9.51. The molecule has 1 aliphatic rings. The normalized spacial score (nSPS) is 29.6. The molecule has 4 N–H and O–H groups in total. The molecule has 0 bridgehead atoms. The summed E-state index contributed by atoms with van der Waals surface area (Å²) in [5.41, 5.74) is 0. The van der Waals surface area contributed by atoms with Crippen LogP contribution in [-0.2, 0) is 14.3 Å². The highest BCUT2D eigenvalue weighted by Gasteiger charge is 2.45. The van der Waals surface area contributed by atoms with E-state index in [-0.39, 0.29) is 6.42 Å². The third-order valence-corrected chi connectivity index (χ3v) is 4.58. The highest BCUT2D eigenvalue weighted by Crippen LogP contribution is 2.22. The zero-order valence-electron chi connectivity index (χ0n) is 15.2. The van der Waals surface area contributed by atoms with E-state index in [1.807, 2.05) is 0 Å². The van der Waals surface area contributed by atoms with Gasteiger partial charge in [-0.3, -0.25) is 4.79 Å². The average molecular weight is 362 g/mol. The van der Waals surface area contributed by atoms with E-state index in [9.17, 15) is 20.1 Å². The predicted molar refractivity (Wildman–Crippen MR) is 91.7 cm³/mol. The first-order valence-electron chi connectivity index (χ1n) is 9.51. The van der Waals surface area contributed by atoms with Gasteiger partial charge in [-0.15, -0.1) is 0 Å². The molecule has 5 atom stereocenters. The van der Waals surface area contributed by atoms with E-state index >= 15 is 0 Å². The van der Waals surface area contributed by atoms with Gasteiger partial charge in [0, 0.05) is 6.42 Å². The van der Waals surface area contributed by atoms with E-state index in [0.29, 0.717) is 6.42 Å². The van der Waals surface area contributed by atoms with Crippen molar-refractivity contribution in [1.29, 1.82) is 0 Å². The van der Waals surface area contributed by atoms with Crippen molar-refractivity contribution >= 4 is 5.97 Å². The summed E-state index contributed by atoms with van der Waals surface area (Å²) in [4.78, 5) is 11.8. The largest absolute Gasteiger partial charge is 0.433 e. The molecular weight excluding hydrogens is 328 g/mol. The molecule has 0 aromatic carbocycles. The molecule has 7 heteroatoms. The van der Waals surface area contributed by atoms with Crippen LogP contribution in [0.2, 0.25) is 0 Å². The van der Waals surface area contributed by atoms with Crippen molar-refractivity contribution in [2.45, 2.75) is 102 Å². The number of carbonyl (C=O) groups excluding carboxylic acids is 1. The Balaban J connectivity index is 2.15. The molecule has 0 aromatic heterocycles. The second kappa shape index (κ2) is 12.6. The number of esters is 1. The van der Waals surface area contributed by atoms with E-state index in [1.165, 1.54) is 38.5 Å². The molecule has 7 nitrogen and oxygen atoms in total. The third-order valence-electron chi connectivity index (χ3n) is 4.58. The quantitative estimate of drug-likeness (QED) is 0.305. The molecule has 1 saturated heterocycles. The van der Waals surface area contributed by atoms with Crippen LogP contribution < -0.4 is 0 Å². The minimum Gasteiger partial charge on any atom is -0.433 e. The first-order chi connectivity index (χ1) is 12.0. The lowest BCUT2D eigenvalue weighted by Crippen LogP contribution is -2.59. The standard InChI is InChI=1S/C18H34O7/c1-2-3-4-5-6-7-8-9-10-11-14(20)25-18-17(23)16(22)15(21)13(12-19)24-18/h13,15-19,21-23H,2-12H2,1H3/t13-,15-,16+,17+,18?/m1/s1. The van der Waals surface area contributed by atoms with Crippen molar-refractivity contribution in [2.75, 3.05) is 6.61 Å². The van der Waals surface area contributed by atoms with E-state index in [1.54, 1.807) is 0 Å². The van der Waals surface area contributed by atoms with Crippen molar-refractivity contribution in [3.63, 3.8) is 0 Å². The maximum atomic E-state index is 11.8. The lowest BCUT2D eigenvalue weighted by molar-refractivity contribution is -0.292. The SMILES string of the molecule is CCCCCCCCCCCC(=O)OC1O[C@H](CO)[C@@H](O)[C@H](O)[C@@H]1O. The van der Waals surface area contributed by atoms with Gasteiger partial charge in [0.1, 0.15) is 24.4 Å². The molecule has 1 aliphatic heterocycles. The van der Waals surface area contributed by atoms with Gasteiger partial charge in [-0.25, -0.2) is 0 Å². The molecule has 0 radical (unpaired) electrons. The predicted octanol–water partition coefficient (Wildman–Crippen LogP) is 1.25. The Kier molecular flexibility index (Phi) is 11.2. The summed E-state index contributed by atoms with van der Waals surface area (Å²) in [6.45, 7) is 1.65. The summed E-state index contributed by atoms with van der Waals surface area (Å²) in [5.74, 6) is -0.521. The van der Waals surface area contributed by atoms with Crippen molar-refractivity contribution in [1.82, 2.24) is 0 Å². The number of aliphatic hydroxyl groups is 4. The summed E-state index contributed by atoms with van der Waals surface area (Å²) in [6, 6.07) is 0. The molecule has 0 saturated carbocycles. The van der Waals surface area contributed by atoms with Crippen LogP contribution in [0.5, 0.6) is 0 Å². The third kappa shape index (κ3) is 8.00. The van der Waals surface area contributed by atoms with Crippen molar-refractivity contribution in [3.05, 3.63) is 0 Å². The van der Waals surface area contributed by atoms with Gasteiger partial charge in [-0.2, -0.15) is 0 Å². The Morgan fingerprint density at radius 2 is 1.44 bits per heavy atom. The van der Waals surface area contributed by atoms with Gasteiger partial charge in [-0.05, 0) is 6.42 Å². The molecule has 0 aliphatic carbocycles. The summed E-state index contributed by atoms with van der Waals surface area (Å²) in [5, 5.41) is 38.2. The van der Waals surface area contributed by atoms with Crippen molar-refractivity contribution < 1.29 is 34.7 Å². The van der Waals surface area contributed by atoms with Crippen LogP contribution in [0.4, 0.5) is 0 Å². The van der Waals surface area contributed by atoms with Crippen molar-refractivity contribution in [2.24, 2.45) is 0 Å². The lowest BCUT2D eigenvalue weighted by atomic mass is 9.99. The van der Waals surface area contributed by atoms with Crippen molar-refractivity contribution in [3.8, 4) is 0 Å². The molecule has 1 unspecified atom stereocenters. The number of ether oxygens (including phenoxy) is 2. The van der Waals surface area contributed by atoms with Crippen LogP contribution in [0.25, 0.3) is 0 Å². The maximum Gasteiger partial charge on any atom is 0.308 e. The minimum absolute atomic E-state index is 0.213. The number of hydrogen-bond donors (Lipinski definition) is 4. The zero-order valence-corrected chi connectivity index (χ0v) is 15.2. The number of rotatable bonds is 12. The molecule has 1 heterocycles. The van der Waals surface area contributed by atoms with E-state index in [4.69, 9.17) is 14.6 Å². The fourth-order valence-electron chi connectivity index (χ4n) is 2.93. The number of carbonyl (C=O) groups is 1. The van der Waals surface area contributed by atoms with Gasteiger partial charge in [0.05, 0.1) is 6.61 Å². The summed E-state index contributed by atoms with van der Waals surface area (Å²) in [7, 11) is 0. The fourth-order valence-corrected chi connectivity index (χ4v) is 2.93. The average Bonchev–Trinajstić information content (AvgIpc) is 2.60. The summed E-state index contributed by atoms with van der Waals surface area (Å²) >= 11 is 0. The van der Waals surface area contributed by atoms with Gasteiger partial charge in [0.25, 0.3) is 0 Å². The van der Waals surface area contributed by atoms with Crippen LogP contribution in [0.15, 0.2) is 0 Å². The van der Waals surface area contributed by atoms with Crippen LogP contribution in [0.3, 0.4) is 0 Å². The number of aliphatic hydroxyl groups excluding tert-OH is 4. The molecule has 0 aromatic rings. The molecule has 0 spiro atoms. The Bertz CT molecular complexity index is 361. The van der Waals surface area contributed by atoms with Gasteiger partial charge >= 0.3 is 5.97 Å². The Labute approximate surface area is 150 Å². The van der Waals surface area contributed by atoms with E-state index in [2.05, 4.69) is 6.92 Å². The monoisotopic (exact) mass is 362 g/mol. The Hall–Kier alpha value is -0.730. The fraction of sp³-hybridized carbons (Fsp3) is 0.944. The summed E-state index contributed by atoms with van der Waals surface area (Å²) in [6.07, 6.45) is 3.49. The van der Waals surface area contributed by atoms with Crippen LogP contribution >= 0.6 is 0 Å². The zero-order chi connectivity index (χ0) is 18.7. The van der Waals surface area contributed by atoms with Gasteiger partial charge < -0.3 is 29.9 Å². The van der Waals surface area contributed by atoms with Gasteiger partial charge in [0.2, 0.25) is 6.29 Å². The molecule has 1 rings (SSSR count). The second-order valence-electron chi connectivity index (χ2n) is 6.77. The molecule has 0 amide bonds. The van der Waals surface area contributed by atoms with E-state index in [0.717, 1.165) is 12.8 Å². The van der Waals surface area contributed by atoms with E-state index < -0.39 is 43.3 Å². The Morgan fingerprint density at radius 3 is 2.00 bits per heavy atom. The lowest BCUT2D eigenvalue weighted by Gasteiger charge is -2.39. The topological polar surface area (TPSA) is 116 Å². The first kappa shape index (κ1) is 22.3. The highest BCUT2D eigenvalue weighted by molar-refractivity contribution is 5.69. The Morgan fingerprint density at radius 1 is 0.880 bits per heavy atom. The minimum atomic E-state index is -1.54. The summed E-state index contributed by atoms with van der Waals surface area (Å²) < 4.78 is 10.2. The smallest absolute Gasteiger partial charge is 0.308 e. The number of hydrogen-bond acceptors (Lipinski definition) is 7. The van der Waals surface area contributed by atoms with Gasteiger partial charge in [0.15, 0.2) is 0 Å². The molecular formula is C18H34O7. The highest BCUT2D eigenvalue weighted by atomic mass is 16.7. The molecule has 25 heavy (non-hydrogen) atoms. The maximum absolute atomic E-state index is 11.8. The number of unbranched alkanes of at least 4 members (excludes halogenated alkanes) is 8.